The largest absolute Gasteiger partial charge is 0.481 e. The Balaban J connectivity index is 2.37. The summed E-state index contributed by atoms with van der Waals surface area (Å²) < 4.78 is 26.5. The van der Waals surface area contributed by atoms with E-state index in [2.05, 4.69) is 5.32 Å². The monoisotopic (exact) mass is 501 g/mol. The number of nitrogens with zero attached hydrogens (tertiary/aromatic N) is 1. The van der Waals surface area contributed by atoms with Gasteiger partial charge in [0.05, 0.1) is 30.8 Å². The van der Waals surface area contributed by atoms with Gasteiger partial charge in [0.15, 0.2) is 11.6 Å². The normalized spacial score (nSPS) is 25.4. The number of fused-ring (bicyclic) bond motifs is 2. The number of amides is 2. The Labute approximate surface area is 199 Å². The van der Waals surface area contributed by atoms with Crippen molar-refractivity contribution in [2.45, 2.75) is 71.4 Å². The number of hydrogen-bond donors (Lipinski definition) is 3. The van der Waals surface area contributed by atoms with Crippen LogP contribution in [-0.4, -0.2) is 71.6 Å². The van der Waals surface area contributed by atoms with Crippen molar-refractivity contribution in [2.75, 3.05) is 12.8 Å². The average molecular weight is 502 g/mol. The number of primary amides is 1. The lowest BCUT2D eigenvalue weighted by molar-refractivity contribution is -0.142. The van der Waals surface area contributed by atoms with Crippen molar-refractivity contribution in [3.05, 3.63) is 0 Å². The molecule has 4 unspecified atom stereocenters. The first-order valence-corrected chi connectivity index (χ1v) is 13.1. The Kier molecular flexibility index (Phi) is 7.98. The molecule has 0 aromatic heterocycles. The molecule has 4 atom stereocenters. The van der Waals surface area contributed by atoms with Gasteiger partial charge in [0.2, 0.25) is 21.8 Å². The van der Waals surface area contributed by atoms with Gasteiger partial charge < -0.3 is 16.2 Å². The molecule has 2 aliphatic rings. The summed E-state index contributed by atoms with van der Waals surface area (Å²) in [7, 11) is -4.06. The van der Waals surface area contributed by atoms with Gasteiger partial charge in [0.1, 0.15) is 0 Å². The van der Waals surface area contributed by atoms with E-state index in [4.69, 9.17) is 5.73 Å². The third-order valence-electron chi connectivity index (χ3n) is 7.61. The molecule has 11 nitrogen and oxygen atoms in total. The summed E-state index contributed by atoms with van der Waals surface area (Å²) in [5, 5.41) is 11.7. The standard InChI is InChI=1S/C22H35N3O8S/c1-12(2)14(9-18(23)28)20(31)24-15(10-19(29)30)16(26)11-25(34(5,32)33)22-7-6-13(8-17(22)27)21(22,3)4/h12-15H,6-11H2,1-5H3,(H2,23,28)(H,24,31)(H,29,30). The van der Waals surface area contributed by atoms with Crippen LogP contribution in [0.15, 0.2) is 0 Å². The lowest BCUT2D eigenvalue weighted by Gasteiger charge is -2.44. The van der Waals surface area contributed by atoms with Crippen LogP contribution in [-0.2, 0) is 34.0 Å². The zero-order valence-corrected chi connectivity index (χ0v) is 21.1. The first-order valence-electron chi connectivity index (χ1n) is 11.3. The zero-order chi connectivity index (χ0) is 26.2. The van der Waals surface area contributed by atoms with Crippen LogP contribution < -0.4 is 11.1 Å². The van der Waals surface area contributed by atoms with Gasteiger partial charge in [-0.1, -0.05) is 27.7 Å². The highest BCUT2D eigenvalue weighted by atomic mass is 32.2. The molecule has 12 heteroatoms. The molecule has 34 heavy (non-hydrogen) atoms. The fourth-order valence-corrected chi connectivity index (χ4v) is 6.93. The maximum atomic E-state index is 13.2. The summed E-state index contributed by atoms with van der Waals surface area (Å²) >= 11 is 0. The number of ketones is 2. The number of rotatable bonds is 12. The van der Waals surface area contributed by atoms with Gasteiger partial charge in [-0.25, -0.2) is 8.42 Å². The summed E-state index contributed by atoms with van der Waals surface area (Å²) in [6, 6.07) is -1.54. The van der Waals surface area contributed by atoms with Crippen LogP contribution in [0.2, 0.25) is 0 Å². The molecule has 4 N–H and O–H groups in total. The van der Waals surface area contributed by atoms with Crippen molar-refractivity contribution in [1.82, 2.24) is 9.62 Å². The Morgan fingerprint density at radius 1 is 1.21 bits per heavy atom. The summed E-state index contributed by atoms with van der Waals surface area (Å²) in [4.78, 5) is 61.8. The maximum absolute atomic E-state index is 13.2. The fraction of sp³-hybridized carbons (Fsp3) is 0.773. The van der Waals surface area contributed by atoms with Gasteiger partial charge in [-0.2, -0.15) is 4.31 Å². The topological polar surface area (TPSA) is 181 Å². The SMILES string of the molecule is CC(C)C(CC(N)=O)C(=O)NC(CC(=O)O)C(=O)CN(C12CCC(CC1=O)C2(C)C)S(C)(=O)=O. The number of nitrogens with one attached hydrogen (secondary N) is 1. The third kappa shape index (κ3) is 5.17. The van der Waals surface area contributed by atoms with Gasteiger partial charge in [0, 0.05) is 18.8 Å². The number of carboxylic acid groups (broad SMARTS) is 1. The van der Waals surface area contributed by atoms with Gasteiger partial charge in [0.25, 0.3) is 0 Å². The maximum Gasteiger partial charge on any atom is 0.305 e. The highest BCUT2D eigenvalue weighted by Gasteiger charge is 2.68. The minimum Gasteiger partial charge on any atom is -0.481 e. The molecule has 2 aliphatic carbocycles. The molecule has 2 amide bonds. The molecule has 2 rings (SSSR count). The van der Waals surface area contributed by atoms with E-state index < -0.39 is 69.5 Å². The molecule has 0 aromatic carbocycles. The fourth-order valence-electron chi connectivity index (χ4n) is 5.57. The predicted molar refractivity (Wildman–Crippen MR) is 122 cm³/mol. The number of hydrogen-bond acceptors (Lipinski definition) is 7. The smallest absolute Gasteiger partial charge is 0.305 e. The van der Waals surface area contributed by atoms with E-state index in [0.29, 0.717) is 6.42 Å². The van der Waals surface area contributed by atoms with Crippen LogP contribution in [0, 0.1) is 23.2 Å². The van der Waals surface area contributed by atoms with Crippen molar-refractivity contribution in [3.8, 4) is 0 Å². The van der Waals surface area contributed by atoms with Crippen LogP contribution >= 0.6 is 0 Å². The molecule has 0 aromatic rings. The third-order valence-corrected chi connectivity index (χ3v) is 8.85. The predicted octanol–water partition coefficient (Wildman–Crippen LogP) is 0.0720. The second-order valence-corrected chi connectivity index (χ2v) is 12.3. The number of carboxylic acids is 1. The summed E-state index contributed by atoms with van der Waals surface area (Å²) in [5.41, 5.74) is 3.11. The second-order valence-electron chi connectivity index (χ2n) is 10.4. The Morgan fingerprint density at radius 3 is 2.18 bits per heavy atom. The van der Waals surface area contributed by atoms with E-state index in [1.807, 2.05) is 13.8 Å². The quantitative estimate of drug-likeness (QED) is 0.336. The number of nitrogens with two attached hydrogens (primary N) is 1. The van der Waals surface area contributed by atoms with Crippen LogP contribution in [0.3, 0.4) is 0 Å². The molecule has 2 saturated carbocycles. The van der Waals surface area contributed by atoms with Crippen LogP contribution in [0.5, 0.6) is 0 Å². The number of aliphatic carboxylic acids is 1. The molecular formula is C22H35N3O8S. The van der Waals surface area contributed by atoms with E-state index in [9.17, 15) is 37.5 Å². The highest BCUT2D eigenvalue weighted by molar-refractivity contribution is 7.88. The first kappa shape index (κ1) is 27.9. The summed E-state index contributed by atoms with van der Waals surface area (Å²) in [6.07, 6.45) is 0.962. The van der Waals surface area contributed by atoms with Crippen molar-refractivity contribution in [2.24, 2.45) is 28.9 Å². The molecular weight excluding hydrogens is 466 g/mol. The van der Waals surface area contributed by atoms with E-state index in [1.165, 1.54) is 0 Å². The van der Waals surface area contributed by atoms with E-state index in [-0.39, 0.29) is 36.9 Å². The van der Waals surface area contributed by atoms with E-state index in [1.54, 1.807) is 13.8 Å². The van der Waals surface area contributed by atoms with E-state index >= 15 is 0 Å². The van der Waals surface area contributed by atoms with Gasteiger partial charge in [-0.05, 0) is 30.1 Å². The molecule has 0 aliphatic heterocycles. The average Bonchev–Trinajstić information content (AvgIpc) is 3.03. The van der Waals surface area contributed by atoms with Crippen LogP contribution in [0.4, 0.5) is 0 Å². The lowest BCUT2D eigenvalue weighted by atomic mass is 9.75. The Hall–Kier alpha value is -2.34. The number of carbonyl (C=O) groups excluding carboxylic acids is 4. The molecule has 0 radical (unpaired) electrons. The first-order chi connectivity index (χ1) is 15.4. The highest BCUT2D eigenvalue weighted by Crippen LogP contribution is 2.61. The number of sulfonamides is 1. The van der Waals surface area contributed by atoms with Gasteiger partial charge in [-0.15, -0.1) is 0 Å². The number of carbonyl (C=O) groups is 5. The van der Waals surface area contributed by atoms with Crippen molar-refractivity contribution < 1.29 is 37.5 Å². The van der Waals surface area contributed by atoms with Crippen molar-refractivity contribution >= 4 is 39.4 Å². The Bertz CT molecular complexity index is 990. The molecule has 0 saturated heterocycles. The summed E-state index contributed by atoms with van der Waals surface area (Å²) in [6.45, 7) is 6.23. The zero-order valence-electron chi connectivity index (χ0n) is 20.3. The second kappa shape index (κ2) is 9.73. The van der Waals surface area contributed by atoms with Gasteiger partial charge >= 0.3 is 5.97 Å². The molecule has 0 spiro atoms. The van der Waals surface area contributed by atoms with Gasteiger partial charge in [-0.3, -0.25) is 24.0 Å². The number of Topliss-reactive ketones (excluding diaryl/α,β-unsaturated/α-hetero) is 2. The van der Waals surface area contributed by atoms with Crippen molar-refractivity contribution in [3.63, 3.8) is 0 Å². The minimum atomic E-state index is -4.06. The molecule has 0 heterocycles. The molecule has 2 fully saturated rings. The molecule has 192 valence electrons. The molecule has 2 bridgehead atoms. The lowest BCUT2D eigenvalue weighted by Crippen LogP contribution is -2.62. The van der Waals surface area contributed by atoms with Crippen LogP contribution in [0.25, 0.3) is 0 Å². The van der Waals surface area contributed by atoms with Crippen molar-refractivity contribution in [1.29, 1.82) is 0 Å². The minimum absolute atomic E-state index is 0.0190. The van der Waals surface area contributed by atoms with Crippen LogP contribution in [0.1, 0.15) is 59.8 Å². The van der Waals surface area contributed by atoms with E-state index in [0.717, 1.165) is 10.6 Å². The summed E-state index contributed by atoms with van der Waals surface area (Å²) in [5.74, 6) is -5.18. The Morgan fingerprint density at radius 2 is 1.79 bits per heavy atom.